The standard InChI is InChI=1S/C12H14N6O2/c1-17(5-3-4-13)11-9-6-16-18(7-10(19)20-2)12(9)15-8-14-11/h6,8H,3,5,7H2,1-2H3. The molecule has 0 unspecified atom stereocenters. The van der Waals surface area contributed by atoms with Crippen LogP contribution in [0.25, 0.3) is 11.0 Å². The lowest BCUT2D eigenvalue weighted by Crippen LogP contribution is -2.20. The summed E-state index contributed by atoms with van der Waals surface area (Å²) in [7, 11) is 3.17. The van der Waals surface area contributed by atoms with Crippen molar-refractivity contribution in [3.05, 3.63) is 12.5 Å². The summed E-state index contributed by atoms with van der Waals surface area (Å²) in [5.41, 5.74) is 0.559. The van der Waals surface area contributed by atoms with Gasteiger partial charge in [0.1, 0.15) is 18.7 Å². The third-order valence-electron chi connectivity index (χ3n) is 2.84. The average molecular weight is 274 g/mol. The second-order valence-electron chi connectivity index (χ2n) is 4.14. The van der Waals surface area contributed by atoms with Gasteiger partial charge < -0.3 is 9.64 Å². The Morgan fingerprint density at radius 3 is 3.05 bits per heavy atom. The van der Waals surface area contributed by atoms with Crippen LogP contribution in [-0.4, -0.2) is 46.4 Å². The quantitative estimate of drug-likeness (QED) is 0.725. The number of esters is 1. The summed E-state index contributed by atoms with van der Waals surface area (Å²) in [6.45, 7) is 0.559. The Kier molecular flexibility index (Phi) is 4.10. The molecular weight excluding hydrogens is 260 g/mol. The molecule has 2 aromatic heterocycles. The van der Waals surface area contributed by atoms with Crippen LogP contribution in [0, 0.1) is 11.3 Å². The number of hydrogen-bond donors (Lipinski definition) is 0. The molecule has 0 aliphatic rings. The van der Waals surface area contributed by atoms with E-state index in [0.717, 1.165) is 5.39 Å². The van der Waals surface area contributed by atoms with Crippen LogP contribution in [-0.2, 0) is 16.1 Å². The van der Waals surface area contributed by atoms with Crippen molar-refractivity contribution in [3.8, 4) is 6.07 Å². The third-order valence-corrected chi connectivity index (χ3v) is 2.84. The fourth-order valence-electron chi connectivity index (χ4n) is 1.81. The van der Waals surface area contributed by atoms with Gasteiger partial charge in [-0.3, -0.25) is 4.79 Å². The highest BCUT2D eigenvalue weighted by Gasteiger charge is 2.14. The van der Waals surface area contributed by atoms with Gasteiger partial charge in [-0.1, -0.05) is 0 Å². The maximum absolute atomic E-state index is 11.3. The minimum Gasteiger partial charge on any atom is -0.468 e. The van der Waals surface area contributed by atoms with Crippen molar-refractivity contribution in [2.75, 3.05) is 25.6 Å². The van der Waals surface area contributed by atoms with Crippen molar-refractivity contribution in [2.45, 2.75) is 13.0 Å². The van der Waals surface area contributed by atoms with E-state index in [1.54, 1.807) is 6.20 Å². The van der Waals surface area contributed by atoms with Gasteiger partial charge in [0, 0.05) is 13.6 Å². The Labute approximate surface area is 115 Å². The minimum absolute atomic E-state index is 0.00162. The van der Waals surface area contributed by atoms with Gasteiger partial charge in [-0.25, -0.2) is 14.6 Å². The first-order valence-corrected chi connectivity index (χ1v) is 5.98. The molecule has 0 fully saturated rings. The van der Waals surface area contributed by atoms with E-state index in [4.69, 9.17) is 5.26 Å². The Hall–Kier alpha value is -2.69. The fourth-order valence-corrected chi connectivity index (χ4v) is 1.81. The molecule has 2 rings (SSSR count). The highest BCUT2D eigenvalue weighted by Crippen LogP contribution is 2.21. The van der Waals surface area contributed by atoms with Crippen LogP contribution in [0.5, 0.6) is 0 Å². The van der Waals surface area contributed by atoms with Gasteiger partial charge in [-0.2, -0.15) is 10.4 Å². The Morgan fingerprint density at radius 2 is 2.35 bits per heavy atom. The lowest BCUT2D eigenvalue weighted by molar-refractivity contribution is -0.141. The van der Waals surface area contributed by atoms with Gasteiger partial charge in [0.15, 0.2) is 5.65 Å². The summed E-state index contributed by atoms with van der Waals surface area (Å²) in [6.07, 6.45) is 3.42. The summed E-state index contributed by atoms with van der Waals surface area (Å²) < 4.78 is 6.08. The molecule has 0 saturated heterocycles. The van der Waals surface area contributed by atoms with E-state index in [1.807, 2.05) is 11.9 Å². The number of fused-ring (bicyclic) bond motifs is 1. The minimum atomic E-state index is -0.395. The molecule has 2 aromatic rings. The normalized spacial score (nSPS) is 10.2. The van der Waals surface area contributed by atoms with Gasteiger partial charge in [0.2, 0.25) is 0 Å². The molecule has 0 radical (unpaired) electrons. The van der Waals surface area contributed by atoms with Crippen LogP contribution in [0.1, 0.15) is 6.42 Å². The number of nitrogens with zero attached hydrogens (tertiary/aromatic N) is 6. The van der Waals surface area contributed by atoms with Crippen LogP contribution < -0.4 is 4.90 Å². The molecule has 0 aliphatic heterocycles. The number of methoxy groups -OCH3 is 1. The van der Waals surface area contributed by atoms with E-state index >= 15 is 0 Å². The highest BCUT2D eigenvalue weighted by molar-refractivity contribution is 5.87. The Balaban J connectivity index is 2.35. The molecule has 20 heavy (non-hydrogen) atoms. The monoisotopic (exact) mass is 274 g/mol. The summed E-state index contributed by atoms with van der Waals surface area (Å²) in [5.74, 6) is 0.286. The SMILES string of the molecule is COC(=O)Cn1ncc2c(N(C)CCC#N)ncnc21. The molecule has 0 N–H and O–H groups in total. The highest BCUT2D eigenvalue weighted by atomic mass is 16.5. The summed E-state index contributed by atoms with van der Waals surface area (Å²) in [5, 5.41) is 13.5. The smallest absolute Gasteiger partial charge is 0.327 e. The second kappa shape index (κ2) is 5.97. The molecule has 0 aromatic carbocycles. The molecular formula is C12H14N6O2. The van der Waals surface area contributed by atoms with Gasteiger partial charge in [-0.05, 0) is 0 Å². The molecule has 104 valence electrons. The van der Waals surface area contributed by atoms with E-state index in [9.17, 15) is 4.79 Å². The van der Waals surface area contributed by atoms with Crippen LogP contribution >= 0.6 is 0 Å². The zero-order valence-corrected chi connectivity index (χ0v) is 11.3. The van der Waals surface area contributed by atoms with Gasteiger partial charge >= 0.3 is 5.97 Å². The number of anilines is 1. The number of carbonyl (C=O) groups excluding carboxylic acids is 1. The number of ether oxygens (including phenoxy) is 1. The van der Waals surface area contributed by atoms with Crippen molar-refractivity contribution in [2.24, 2.45) is 0 Å². The maximum Gasteiger partial charge on any atom is 0.327 e. The summed E-state index contributed by atoms with van der Waals surface area (Å²) in [6, 6.07) is 2.09. The molecule has 2 heterocycles. The van der Waals surface area contributed by atoms with Crippen molar-refractivity contribution >= 4 is 22.8 Å². The molecule has 0 amide bonds. The van der Waals surface area contributed by atoms with E-state index in [0.29, 0.717) is 24.4 Å². The zero-order valence-electron chi connectivity index (χ0n) is 11.3. The van der Waals surface area contributed by atoms with E-state index in [-0.39, 0.29) is 6.54 Å². The van der Waals surface area contributed by atoms with Crippen LogP contribution in [0.4, 0.5) is 5.82 Å². The molecule has 8 heteroatoms. The van der Waals surface area contributed by atoms with Crippen molar-refractivity contribution < 1.29 is 9.53 Å². The first-order valence-electron chi connectivity index (χ1n) is 5.98. The molecule has 0 aliphatic carbocycles. The number of aromatic nitrogens is 4. The predicted molar refractivity (Wildman–Crippen MR) is 70.8 cm³/mol. The molecule has 8 nitrogen and oxygen atoms in total. The average Bonchev–Trinajstić information content (AvgIpc) is 2.87. The van der Waals surface area contributed by atoms with Gasteiger partial charge in [-0.15, -0.1) is 0 Å². The predicted octanol–water partition coefficient (Wildman–Crippen LogP) is 0.349. The lowest BCUT2D eigenvalue weighted by Gasteiger charge is -2.16. The molecule has 0 saturated carbocycles. The van der Waals surface area contributed by atoms with Crippen LogP contribution in [0.15, 0.2) is 12.5 Å². The van der Waals surface area contributed by atoms with Crippen molar-refractivity contribution in [1.29, 1.82) is 5.26 Å². The Bertz CT molecular complexity index is 660. The Morgan fingerprint density at radius 1 is 1.55 bits per heavy atom. The van der Waals surface area contributed by atoms with Gasteiger partial charge in [0.05, 0.1) is 31.2 Å². The number of rotatable bonds is 5. The zero-order chi connectivity index (χ0) is 14.5. The number of carbonyl (C=O) groups is 1. The maximum atomic E-state index is 11.3. The van der Waals surface area contributed by atoms with E-state index in [1.165, 1.54) is 18.1 Å². The van der Waals surface area contributed by atoms with E-state index in [2.05, 4.69) is 25.9 Å². The van der Waals surface area contributed by atoms with Gasteiger partial charge in [0.25, 0.3) is 0 Å². The van der Waals surface area contributed by atoms with Crippen molar-refractivity contribution in [3.63, 3.8) is 0 Å². The molecule has 0 atom stereocenters. The summed E-state index contributed by atoms with van der Waals surface area (Å²) in [4.78, 5) is 21.5. The first kappa shape index (κ1) is 13.7. The fraction of sp³-hybridized carbons (Fsp3) is 0.417. The molecule has 0 bridgehead atoms. The third kappa shape index (κ3) is 2.66. The largest absolute Gasteiger partial charge is 0.468 e. The second-order valence-corrected chi connectivity index (χ2v) is 4.14. The first-order chi connectivity index (χ1) is 9.67. The lowest BCUT2D eigenvalue weighted by atomic mass is 10.3. The van der Waals surface area contributed by atoms with Crippen molar-refractivity contribution in [1.82, 2.24) is 19.7 Å². The van der Waals surface area contributed by atoms with Crippen LogP contribution in [0.3, 0.4) is 0 Å². The summed E-state index contributed by atoms with van der Waals surface area (Å²) >= 11 is 0. The molecule has 0 spiro atoms. The topological polar surface area (TPSA) is 96.9 Å². The number of nitriles is 1. The van der Waals surface area contributed by atoms with Crippen LogP contribution in [0.2, 0.25) is 0 Å². The number of hydrogen-bond acceptors (Lipinski definition) is 7. The van der Waals surface area contributed by atoms with E-state index < -0.39 is 5.97 Å².